The summed E-state index contributed by atoms with van der Waals surface area (Å²) in [5.41, 5.74) is 1.88. The number of carbonyl (C=O) groups excluding carboxylic acids is 1. The van der Waals surface area contributed by atoms with Gasteiger partial charge in [0.1, 0.15) is 0 Å². The number of amides is 1. The van der Waals surface area contributed by atoms with Gasteiger partial charge in [-0.1, -0.05) is 0 Å². The molecule has 2 atom stereocenters. The first kappa shape index (κ1) is 16.9. The lowest BCUT2D eigenvalue weighted by molar-refractivity contribution is -0.117. The number of hydrogen-bond acceptors (Lipinski definition) is 4. The zero-order valence-electron chi connectivity index (χ0n) is 15.3. The molecule has 6 nitrogen and oxygen atoms in total. The molecule has 1 aromatic heterocycles. The minimum absolute atomic E-state index is 0.0144. The third-order valence-corrected chi connectivity index (χ3v) is 5.31. The van der Waals surface area contributed by atoms with Crippen LogP contribution in [0.5, 0.6) is 11.5 Å². The maximum absolute atomic E-state index is 12.6. The Bertz CT molecular complexity index is 795. The van der Waals surface area contributed by atoms with Crippen LogP contribution >= 0.6 is 0 Å². The van der Waals surface area contributed by atoms with Crippen LogP contribution in [-0.4, -0.2) is 28.9 Å². The fraction of sp³-hybridized carbons (Fsp3) is 0.500. The number of nitrogens with one attached hydrogen (secondary N) is 1. The summed E-state index contributed by atoms with van der Waals surface area (Å²) in [6.45, 7) is 0. The Morgan fingerprint density at radius 1 is 1.27 bits per heavy atom. The van der Waals surface area contributed by atoms with Crippen molar-refractivity contribution in [3.63, 3.8) is 0 Å². The van der Waals surface area contributed by atoms with Gasteiger partial charge in [-0.05, 0) is 55.7 Å². The van der Waals surface area contributed by atoms with Gasteiger partial charge in [-0.15, -0.1) is 0 Å². The third kappa shape index (κ3) is 3.54. The molecule has 0 radical (unpaired) electrons. The number of hydrogen-bond donors (Lipinski definition) is 1. The summed E-state index contributed by atoms with van der Waals surface area (Å²) in [6, 6.07) is 5.58. The summed E-state index contributed by atoms with van der Waals surface area (Å²) in [5.74, 6) is 1.75. The number of methoxy groups -OCH3 is 1. The fourth-order valence-electron chi connectivity index (χ4n) is 3.75. The van der Waals surface area contributed by atoms with Gasteiger partial charge in [-0.2, -0.15) is 5.10 Å². The molecule has 26 heavy (non-hydrogen) atoms. The van der Waals surface area contributed by atoms with Crippen molar-refractivity contribution in [2.24, 2.45) is 13.0 Å². The van der Waals surface area contributed by atoms with Gasteiger partial charge in [0, 0.05) is 30.9 Å². The van der Waals surface area contributed by atoms with Crippen molar-refractivity contribution in [1.82, 2.24) is 9.78 Å². The van der Waals surface area contributed by atoms with E-state index in [1.54, 1.807) is 11.8 Å². The number of nitrogens with zero attached hydrogens (tertiary/aromatic N) is 2. The average Bonchev–Trinajstić information content (AvgIpc) is 3.04. The molecule has 1 heterocycles. The molecule has 2 saturated carbocycles. The molecule has 6 heteroatoms. The molecule has 0 saturated heterocycles. The first-order valence-electron chi connectivity index (χ1n) is 9.28. The number of ether oxygens (including phenoxy) is 2. The van der Waals surface area contributed by atoms with Crippen LogP contribution in [0.3, 0.4) is 0 Å². The lowest BCUT2D eigenvalue weighted by atomic mass is 10.2. The van der Waals surface area contributed by atoms with Gasteiger partial charge in [0.25, 0.3) is 0 Å². The van der Waals surface area contributed by atoms with Gasteiger partial charge in [0.15, 0.2) is 11.5 Å². The zero-order chi connectivity index (χ0) is 18.1. The summed E-state index contributed by atoms with van der Waals surface area (Å²) in [7, 11) is 3.53. The van der Waals surface area contributed by atoms with E-state index >= 15 is 0 Å². The molecule has 2 aliphatic rings. The normalized spacial score (nSPS) is 22.2. The second kappa shape index (κ2) is 7.02. The summed E-state index contributed by atoms with van der Waals surface area (Å²) in [4.78, 5) is 12.6. The SMILES string of the molecule is COc1ccc(NC(=O)[C@H]2C[C@@H]2c2cnn(C)c2)cc1OC1CCCC1. The van der Waals surface area contributed by atoms with E-state index in [0.29, 0.717) is 11.5 Å². The van der Waals surface area contributed by atoms with Crippen LogP contribution in [0, 0.1) is 5.92 Å². The fourth-order valence-corrected chi connectivity index (χ4v) is 3.75. The molecule has 1 aromatic carbocycles. The van der Waals surface area contributed by atoms with Crippen molar-refractivity contribution in [2.75, 3.05) is 12.4 Å². The maximum atomic E-state index is 12.6. The van der Waals surface area contributed by atoms with Crippen molar-refractivity contribution in [2.45, 2.75) is 44.1 Å². The van der Waals surface area contributed by atoms with Crippen molar-refractivity contribution in [1.29, 1.82) is 0 Å². The first-order valence-corrected chi connectivity index (χ1v) is 9.28. The number of aromatic nitrogens is 2. The van der Waals surface area contributed by atoms with Gasteiger partial charge in [-0.3, -0.25) is 9.48 Å². The molecule has 138 valence electrons. The largest absolute Gasteiger partial charge is 0.493 e. The molecular weight excluding hydrogens is 330 g/mol. The van der Waals surface area contributed by atoms with Crippen molar-refractivity contribution >= 4 is 11.6 Å². The Balaban J connectivity index is 1.42. The van der Waals surface area contributed by atoms with Crippen LogP contribution in [0.25, 0.3) is 0 Å². The Morgan fingerprint density at radius 2 is 2.08 bits per heavy atom. The molecule has 0 unspecified atom stereocenters. The number of benzene rings is 1. The minimum Gasteiger partial charge on any atom is -0.493 e. The lowest BCUT2D eigenvalue weighted by Crippen LogP contribution is -2.15. The second-order valence-electron chi connectivity index (χ2n) is 7.28. The predicted octanol–water partition coefficient (Wildman–Crippen LogP) is 3.49. The molecule has 0 bridgehead atoms. The van der Waals surface area contributed by atoms with E-state index < -0.39 is 0 Å². The van der Waals surface area contributed by atoms with E-state index in [-0.39, 0.29) is 23.8 Å². The highest BCUT2D eigenvalue weighted by atomic mass is 16.5. The molecule has 1 amide bonds. The molecule has 0 spiro atoms. The van der Waals surface area contributed by atoms with E-state index in [4.69, 9.17) is 9.47 Å². The third-order valence-electron chi connectivity index (χ3n) is 5.31. The van der Waals surface area contributed by atoms with E-state index in [0.717, 1.165) is 30.5 Å². The first-order chi connectivity index (χ1) is 12.6. The molecule has 4 rings (SSSR count). The Kier molecular flexibility index (Phi) is 4.57. The molecule has 1 N–H and O–H groups in total. The van der Waals surface area contributed by atoms with Crippen molar-refractivity contribution < 1.29 is 14.3 Å². The van der Waals surface area contributed by atoms with Crippen LogP contribution in [0.15, 0.2) is 30.6 Å². The molecule has 2 aromatic rings. The number of aryl methyl sites for hydroxylation is 1. The molecular formula is C20H25N3O3. The standard InChI is InChI=1S/C20H25N3O3/c1-23-12-13(11-21-23)16-10-17(16)20(24)22-14-7-8-18(25-2)19(9-14)26-15-5-3-4-6-15/h7-9,11-12,15-17H,3-6,10H2,1-2H3,(H,22,24)/t16-,17+/m1/s1. The topological polar surface area (TPSA) is 65.4 Å². The van der Waals surface area contributed by atoms with Gasteiger partial charge < -0.3 is 14.8 Å². The van der Waals surface area contributed by atoms with Gasteiger partial charge in [0.05, 0.1) is 19.4 Å². The average molecular weight is 355 g/mol. The Labute approximate surface area is 153 Å². The minimum atomic E-state index is 0.0144. The number of carbonyl (C=O) groups is 1. The highest BCUT2D eigenvalue weighted by Crippen LogP contribution is 2.48. The number of anilines is 1. The van der Waals surface area contributed by atoms with E-state index in [1.807, 2.05) is 37.6 Å². The summed E-state index contributed by atoms with van der Waals surface area (Å²) in [5, 5.41) is 7.21. The summed E-state index contributed by atoms with van der Waals surface area (Å²) < 4.78 is 13.3. The van der Waals surface area contributed by atoms with Crippen LogP contribution in [-0.2, 0) is 11.8 Å². The van der Waals surface area contributed by atoms with Crippen molar-refractivity contribution in [3.05, 3.63) is 36.2 Å². The Hall–Kier alpha value is -2.50. The van der Waals surface area contributed by atoms with E-state index in [2.05, 4.69) is 10.4 Å². The quantitative estimate of drug-likeness (QED) is 0.861. The van der Waals surface area contributed by atoms with Crippen LogP contribution in [0.2, 0.25) is 0 Å². The summed E-state index contributed by atoms with van der Waals surface area (Å²) >= 11 is 0. The van der Waals surface area contributed by atoms with Crippen LogP contribution < -0.4 is 14.8 Å². The van der Waals surface area contributed by atoms with Gasteiger partial charge in [-0.25, -0.2) is 0 Å². The summed E-state index contributed by atoms with van der Waals surface area (Å²) in [6.07, 6.45) is 9.52. The highest BCUT2D eigenvalue weighted by molar-refractivity contribution is 5.95. The van der Waals surface area contributed by atoms with Gasteiger partial charge >= 0.3 is 0 Å². The number of rotatable bonds is 6. The smallest absolute Gasteiger partial charge is 0.228 e. The van der Waals surface area contributed by atoms with E-state index in [9.17, 15) is 4.79 Å². The van der Waals surface area contributed by atoms with Crippen LogP contribution in [0.4, 0.5) is 5.69 Å². The zero-order valence-corrected chi connectivity index (χ0v) is 15.3. The predicted molar refractivity (Wildman–Crippen MR) is 98.6 cm³/mol. The van der Waals surface area contributed by atoms with Crippen LogP contribution in [0.1, 0.15) is 43.6 Å². The van der Waals surface area contributed by atoms with E-state index in [1.165, 1.54) is 12.8 Å². The highest BCUT2D eigenvalue weighted by Gasteiger charge is 2.44. The molecule has 2 fully saturated rings. The molecule has 2 aliphatic carbocycles. The van der Waals surface area contributed by atoms with Gasteiger partial charge in [0.2, 0.25) is 5.91 Å². The van der Waals surface area contributed by atoms with Crippen molar-refractivity contribution in [3.8, 4) is 11.5 Å². The maximum Gasteiger partial charge on any atom is 0.228 e. The second-order valence-corrected chi connectivity index (χ2v) is 7.28. The Morgan fingerprint density at radius 3 is 2.77 bits per heavy atom. The molecule has 0 aliphatic heterocycles. The lowest BCUT2D eigenvalue weighted by Gasteiger charge is -2.17. The monoisotopic (exact) mass is 355 g/mol.